The first-order valence-electron chi connectivity index (χ1n) is 4.97. The molecule has 0 saturated heterocycles. The van der Waals surface area contributed by atoms with Gasteiger partial charge in [0.15, 0.2) is 11.5 Å². The normalized spacial score (nSPS) is 12.3. The number of rotatable bonds is 2. The molecule has 0 spiro atoms. The topological polar surface area (TPSA) is 12.5 Å². The van der Waals surface area contributed by atoms with Crippen LogP contribution in [-0.2, 0) is 0 Å². The van der Waals surface area contributed by atoms with Gasteiger partial charge in [-0.1, -0.05) is 54.6 Å². The molecule has 3 rings (SSSR count). The Hall–Kier alpha value is -2.02. The molecular formula is C14H10O. The van der Waals surface area contributed by atoms with Crippen LogP contribution in [0, 0.1) is 0 Å². The number of hydrogen-bond donors (Lipinski definition) is 0. The summed E-state index contributed by atoms with van der Waals surface area (Å²) < 4.78 is 5.31. The Morgan fingerprint density at radius 2 is 1.67 bits per heavy atom. The van der Waals surface area contributed by atoms with Crippen LogP contribution in [0.2, 0.25) is 0 Å². The van der Waals surface area contributed by atoms with Crippen molar-refractivity contribution in [3.05, 3.63) is 59.7 Å². The predicted molar refractivity (Wildman–Crippen MR) is 61.9 cm³/mol. The molecule has 0 N–H and O–H groups in total. The molecule has 0 aliphatic carbocycles. The zero-order valence-corrected chi connectivity index (χ0v) is 8.18. The SMILES string of the molecule is C(=Cc1cccc2c1O2)c1ccccc1. The van der Waals surface area contributed by atoms with Gasteiger partial charge in [0.2, 0.25) is 0 Å². The lowest BCUT2D eigenvalue weighted by Crippen LogP contribution is -1.69. The average molecular weight is 194 g/mol. The van der Waals surface area contributed by atoms with Crippen LogP contribution in [0.3, 0.4) is 0 Å². The summed E-state index contributed by atoms with van der Waals surface area (Å²) in [5, 5.41) is 0. The Balaban J connectivity index is 1.88. The molecule has 1 aliphatic heterocycles. The van der Waals surface area contributed by atoms with Crippen molar-refractivity contribution in [3.63, 3.8) is 0 Å². The molecule has 15 heavy (non-hydrogen) atoms. The molecule has 0 aromatic heterocycles. The lowest BCUT2D eigenvalue weighted by atomic mass is 10.1. The molecule has 0 saturated carbocycles. The van der Waals surface area contributed by atoms with Crippen molar-refractivity contribution in [2.45, 2.75) is 0 Å². The van der Waals surface area contributed by atoms with Gasteiger partial charge in [-0.2, -0.15) is 0 Å². The Labute approximate surface area is 88.6 Å². The van der Waals surface area contributed by atoms with E-state index in [1.807, 2.05) is 30.3 Å². The summed E-state index contributed by atoms with van der Waals surface area (Å²) in [5.41, 5.74) is 2.35. The lowest BCUT2D eigenvalue weighted by molar-refractivity contribution is 0.649. The maximum atomic E-state index is 5.31. The Bertz CT molecular complexity index is 512. The number of para-hydroxylation sites is 1. The van der Waals surface area contributed by atoms with E-state index in [2.05, 4.69) is 30.4 Å². The van der Waals surface area contributed by atoms with Crippen molar-refractivity contribution in [2.24, 2.45) is 0 Å². The van der Waals surface area contributed by atoms with Gasteiger partial charge in [-0.25, -0.2) is 0 Å². The van der Waals surface area contributed by atoms with Crippen LogP contribution in [0.15, 0.2) is 48.5 Å². The highest BCUT2D eigenvalue weighted by Gasteiger charge is 2.21. The fraction of sp³-hybridized carbons (Fsp3) is 0. The van der Waals surface area contributed by atoms with Crippen molar-refractivity contribution in [1.82, 2.24) is 0 Å². The van der Waals surface area contributed by atoms with Crippen LogP contribution in [0.25, 0.3) is 12.2 Å². The lowest BCUT2D eigenvalue weighted by Gasteiger charge is -1.91. The second-order valence-electron chi connectivity index (χ2n) is 3.52. The summed E-state index contributed by atoms with van der Waals surface area (Å²) in [6.45, 7) is 0. The standard InChI is InChI=1S/C14H10O/c1-2-5-11(6-3-1)9-10-12-7-4-8-13-14(12)15-13/h1-10H. The maximum Gasteiger partial charge on any atom is 0.177 e. The number of benzene rings is 2. The molecule has 0 radical (unpaired) electrons. The minimum absolute atomic E-state index is 1.00. The quantitative estimate of drug-likeness (QED) is 0.444. The molecule has 0 fully saturated rings. The highest BCUT2D eigenvalue weighted by molar-refractivity contribution is 5.77. The molecule has 2 aromatic carbocycles. The third kappa shape index (κ3) is 1.64. The molecule has 1 aliphatic rings. The van der Waals surface area contributed by atoms with Crippen LogP contribution in [0.1, 0.15) is 11.1 Å². The van der Waals surface area contributed by atoms with E-state index in [0.717, 1.165) is 17.1 Å². The molecule has 1 heteroatoms. The highest BCUT2D eigenvalue weighted by Crippen LogP contribution is 2.48. The summed E-state index contributed by atoms with van der Waals surface area (Å²) in [6, 6.07) is 16.3. The average Bonchev–Trinajstić information content (AvgIpc) is 3.07. The van der Waals surface area contributed by atoms with Crippen molar-refractivity contribution >= 4 is 12.2 Å². The van der Waals surface area contributed by atoms with E-state index in [4.69, 9.17) is 4.74 Å². The molecule has 0 atom stereocenters. The van der Waals surface area contributed by atoms with E-state index in [1.54, 1.807) is 0 Å². The summed E-state index contributed by atoms with van der Waals surface area (Å²) >= 11 is 0. The van der Waals surface area contributed by atoms with E-state index in [-0.39, 0.29) is 0 Å². The van der Waals surface area contributed by atoms with Crippen LogP contribution in [0.5, 0.6) is 11.5 Å². The monoisotopic (exact) mass is 194 g/mol. The van der Waals surface area contributed by atoms with E-state index >= 15 is 0 Å². The van der Waals surface area contributed by atoms with Crippen molar-refractivity contribution in [3.8, 4) is 11.5 Å². The van der Waals surface area contributed by atoms with Crippen LogP contribution >= 0.6 is 0 Å². The second-order valence-corrected chi connectivity index (χ2v) is 3.52. The smallest absolute Gasteiger partial charge is 0.177 e. The molecule has 0 bridgehead atoms. The third-order valence-corrected chi connectivity index (χ3v) is 2.43. The van der Waals surface area contributed by atoms with Gasteiger partial charge in [-0.3, -0.25) is 0 Å². The second kappa shape index (κ2) is 3.28. The first-order chi connectivity index (χ1) is 7.43. The van der Waals surface area contributed by atoms with Gasteiger partial charge in [0, 0.05) is 5.56 Å². The number of ether oxygens (including phenoxy) is 1. The van der Waals surface area contributed by atoms with E-state index in [9.17, 15) is 0 Å². The predicted octanol–water partition coefficient (Wildman–Crippen LogP) is 3.96. The Morgan fingerprint density at radius 3 is 2.53 bits per heavy atom. The minimum Gasteiger partial charge on any atom is -0.449 e. The first kappa shape index (κ1) is 8.30. The van der Waals surface area contributed by atoms with Crippen molar-refractivity contribution in [2.75, 3.05) is 0 Å². The molecular weight excluding hydrogens is 184 g/mol. The summed E-state index contributed by atoms with van der Waals surface area (Å²) in [6.07, 6.45) is 4.18. The van der Waals surface area contributed by atoms with E-state index in [1.165, 1.54) is 5.56 Å². The summed E-state index contributed by atoms with van der Waals surface area (Å²) in [5.74, 6) is 2.02. The number of fused-ring (bicyclic) bond motifs is 1. The van der Waals surface area contributed by atoms with E-state index in [0.29, 0.717) is 0 Å². The van der Waals surface area contributed by atoms with Gasteiger partial charge in [-0.05, 0) is 11.6 Å². The Kier molecular flexibility index (Phi) is 1.82. The molecule has 2 aromatic rings. The highest BCUT2D eigenvalue weighted by atomic mass is 16.6. The van der Waals surface area contributed by atoms with Gasteiger partial charge in [-0.15, -0.1) is 0 Å². The van der Waals surface area contributed by atoms with E-state index < -0.39 is 0 Å². The summed E-state index contributed by atoms with van der Waals surface area (Å²) in [7, 11) is 0. The zero-order chi connectivity index (χ0) is 10.1. The van der Waals surface area contributed by atoms with Gasteiger partial charge in [0.05, 0.1) is 0 Å². The Morgan fingerprint density at radius 1 is 0.800 bits per heavy atom. The molecule has 1 nitrogen and oxygen atoms in total. The zero-order valence-electron chi connectivity index (χ0n) is 8.18. The van der Waals surface area contributed by atoms with Gasteiger partial charge >= 0.3 is 0 Å². The molecule has 0 unspecified atom stereocenters. The van der Waals surface area contributed by atoms with Gasteiger partial charge in [0.25, 0.3) is 0 Å². The molecule has 0 amide bonds. The van der Waals surface area contributed by atoms with Crippen molar-refractivity contribution in [1.29, 1.82) is 0 Å². The third-order valence-electron chi connectivity index (χ3n) is 2.43. The van der Waals surface area contributed by atoms with Gasteiger partial charge in [0.1, 0.15) is 0 Å². The maximum absolute atomic E-state index is 5.31. The number of hydrogen-bond acceptors (Lipinski definition) is 1. The largest absolute Gasteiger partial charge is 0.449 e. The first-order valence-corrected chi connectivity index (χ1v) is 4.97. The van der Waals surface area contributed by atoms with Crippen LogP contribution in [-0.4, -0.2) is 0 Å². The molecule has 72 valence electrons. The fourth-order valence-corrected chi connectivity index (χ4v) is 1.59. The molecule has 1 heterocycles. The minimum atomic E-state index is 1.00. The van der Waals surface area contributed by atoms with Crippen molar-refractivity contribution < 1.29 is 4.74 Å². The van der Waals surface area contributed by atoms with Crippen LogP contribution < -0.4 is 4.74 Å². The van der Waals surface area contributed by atoms with Gasteiger partial charge < -0.3 is 4.74 Å². The van der Waals surface area contributed by atoms with Crippen LogP contribution in [0.4, 0.5) is 0 Å². The fourth-order valence-electron chi connectivity index (χ4n) is 1.59. The summed E-state index contributed by atoms with van der Waals surface area (Å²) in [4.78, 5) is 0.